The molecule has 7 nitrogen and oxygen atoms in total. The zero-order valence-electron chi connectivity index (χ0n) is 18.8. The van der Waals surface area contributed by atoms with Crippen LogP contribution in [-0.4, -0.2) is 67.1 Å². The Morgan fingerprint density at radius 2 is 1.64 bits per heavy atom. The highest BCUT2D eigenvalue weighted by Gasteiger charge is 2.39. The van der Waals surface area contributed by atoms with Crippen LogP contribution in [0.25, 0.3) is 5.57 Å². The Labute approximate surface area is 192 Å². The van der Waals surface area contributed by atoms with Crippen molar-refractivity contribution in [2.75, 3.05) is 44.7 Å². The lowest BCUT2D eigenvalue weighted by Crippen LogP contribution is -2.43. The van der Waals surface area contributed by atoms with Gasteiger partial charge < -0.3 is 14.8 Å². The van der Waals surface area contributed by atoms with E-state index in [0.717, 1.165) is 13.1 Å². The molecule has 0 radical (unpaired) electrons. The van der Waals surface area contributed by atoms with E-state index in [0.29, 0.717) is 36.8 Å². The number of nitrogens with one attached hydrogen (secondary N) is 1. The molecular weight excluding hydrogens is 425 g/mol. The summed E-state index contributed by atoms with van der Waals surface area (Å²) < 4.78 is 24.5. The van der Waals surface area contributed by atoms with E-state index < -0.39 is 11.7 Å². The van der Waals surface area contributed by atoms with Crippen molar-refractivity contribution < 1.29 is 23.5 Å². The maximum absolute atomic E-state index is 13.5. The third-order valence-corrected chi connectivity index (χ3v) is 5.54. The zero-order chi connectivity index (χ0) is 23.4. The van der Waals surface area contributed by atoms with E-state index in [1.807, 2.05) is 13.8 Å². The largest absolute Gasteiger partial charge is 0.491 e. The molecule has 2 heterocycles. The summed E-state index contributed by atoms with van der Waals surface area (Å²) in [6.07, 6.45) is 0.0469. The normalized spacial score (nSPS) is 17.3. The number of anilines is 1. The summed E-state index contributed by atoms with van der Waals surface area (Å²) in [5.74, 6) is -0.475. The Morgan fingerprint density at radius 3 is 2.27 bits per heavy atom. The predicted octanol–water partition coefficient (Wildman–Crippen LogP) is 3.14. The molecule has 2 amide bonds. The number of hydrogen-bond donors (Lipinski definition) is 1. The minimum atomic E-state index is -0.407. The van der Waals surface area contributed by atoms with Crippen molar-refractivity contribution >= 4 is 23.1 Å². The van der Waals surface area contributed by atoms with Gasteiger partial charge in [0.1, 0.15) is 17.3 Å². The average Bonchev–Trinajstić information content (AvgIpc) is 3.03. The van der Waals surface area contributed by atoms with Crippen LogP contribution in [0, 0.1) is 5.82 Å². The summed E-state index contributed by atoms with van der Waals surface area (Å²) in [5, 5.41) is 3.12. The molecule has 0 aromatic heterocycles. The molecule has 2 aromatic rings. The monoisotopic (exact) mass is 453 g/mol. The first-order valence-electron chi connectivity index (χ1n) is 11.1. The Balaban J connectivity index is 1.58. The molecule has 8 heteroatoms. The second kappa shape index (κ2) is 10.1. The number of morpholine rings is 1. The van der Waals surface area contributed by atoms with Gasteiger partial charge >= 0.3 is 0 Å². The van der Waals surface area contributed by atoms with Crippen molar-refractivity contribution in [2.45, 2.75) is 20.0 Å². The van der Waals surface area contributed by atoms with Gasteiger partial charge in [-0.2, -0.15) is 0 Å². The molecule has 2 aliphatic rings. The molecule has 2 aromatic carbocycles. The van der Waals surface area contributed by atoms with E-state index in [1.54, 1.807) is 24.3 Å². The maximum atomic E-state index is 13.5. The van der Waals surface area contributed by atoms with Crippen molar-refractivity contribution in [3.8, 4) is 5.75 Å². The van der Waals surface area contributed by atoms with Gasteiger partial charge in [-0.05, 0) is 55.8 Å². The summed E-state index contributed by atoms with van der Waals surface area (Å²) in [7, 11) is 0. The molecule has 1 saturated heterocycles. The molecule has 0 atom stereocenters. The van der Waals surface area contributed by atoms with Crippen molar-refractivity contribution in [1.29, 1.82) is 0 Å². The van der Waals surface area contributed by atoms with Gasteiger partial charge in [-0.1, -0.05) is 12.1 Å². The molecular formula is C25H28FN3O4. The molecule has 4 rings (SSSR count). The minimum absolute atomic E-state index is 0.0469. The van der Waals surface area contributed by atoms with Crippen LogP contribution < -0.4 is 10.1 Å². The van der Waals surface area contributed by atoms with Gasteiger partial charge in [-0.15, -0.1) is 0 Å². The summed E-state index contributed by atoms with van der Waals surface area (Å²) in [6, 6.07) is 12.8. The van der Waals surface area contributed by atoms with E-state index in [9.17, 15) is 14.0 Å². The van der Waals surface area contributed by atoms with Gasteiger partial charge in [0.15, 0.2) is 0 Å². The fourth-order valence-electron chi connectivity index (χ4n) is 3.88. The van der Waals surface area contributed by atoms with E-state index in [1.165, 1.54) is 29.2 Å². The van der Waals surface area contributed by atoms with E-state index >= 15 is 0 Å². The summed E-state index contributed by atoms with van der Waals surface area (Å²) in [4.78, 5) is 30.0. The second-order valence-electron chi connectivity index (χ2n) is 8.29. The van der Waals surface area contributed by atoms with E-state index in [4.69, 9.17) is 9.47 Å². The van der Waals surface area contributed by atoms with Gasteiger partial charge in [-0.3, -0.25) is 19.4 Å². The summed E-state index contributed by atoms with van der Waals surface area (Å²) in [6.45, 7) is 7.56. The molecule has 0 aliphatic carbocycles. The fourth-order valence-corrected chi connectivity index (χ4v) is 3.88. The maximum Gasteiger partial charge on any atom is 0.278 e. The lowest BCUT2D eigenvalue weighted by Gasteiger charge is -2.28. The average molecular weight is 454 g/mol. The number of rotatable bonds is 8. The fraction of sp³-hybridized carbons (Fsp3) is 0.360. The lowest BCUT2D eigenvalue weighted by molar-refractivity contribution is -0.137. The first kappa shape index (κ1) is 22.9. The predicted molar refractivity (Wildman–Crippen MR) is 123 cm³/mol. The third-order valence-electron chi connectivity index (χ3n) is 5.54. The van der Waals surface area contributed by atoms with Gasteiger partial charge in [-0.25, -0.2) is 4.39 Å². The number of ether oxygens (including phenoxy) is 2. The van der Waals surface area contributed by atoms with Crippen LogP contribution in [-0.2, 0) is 14.3 Å². The molecule has 174 valence electrons. The van der Waals surface area contributed by atoms with Crippen LogP contribution in [0.15, 0.2) is 54.2 Å². The Morgan fingerprint density at radius 1 is 0.970 bits per heavy atom. The van der Waals surface area contributed by atoms with Crippen molar-refractivity contribution in [3.05, 3.63) is 65.6 Å². The number of benzene rings is 2. The van der Waals surface area contributed by atoms with Crippen LogP contribution in [0.5, 0.6) is 5.75 Å². The van der Waals surface area contributed by atoms with E-state index in [-0.39, 0.29) is 29.8 Å². The number of carbonyl (C=O) groups is 2. The van der Waals surface area contributed by atoms with Crippen molar-refractivity contribution in [2.24, 2.45) is 0 Å². The smallest absolute Gasteiger partial charge is 0.278 e. The number of hydrogen-bond acceptors (Lipinski definition) is 6. The number of halogens is 1. The number of nitrogens with zero attached hydrogens (tertiary/aromatic N) is 2. The Kier molecular flexibility index (Phi) is 7.05. The van der Waals surface area contributed by atoms with Crippen LogP contribution in [0.4, 0.5) is 10.1 Å². The Hall–Kier alpha value is -3.23. The molecule has 0 bridgehead atoms. The quantitative estimate of drug-likeness (QED) is 0.620. The van der Waals surface area contributed by atoms with Gasteiger partial charge in [0.05, 0.1) is 24.9 Å². The van der Waals surface area contributed by atoms with Crippen LogP contribution in [0.3, 0.4) is 0 Å². The van der Waals surface area contributed by atoms with Crippen LogP contribution in [0.1, 0.15) is 19.4 Å². The van der Waals surface area contributed by atoms with Crippen LogP contribution >= 0.6 is 0 Å². The number of imide groups is 1. The van der Waals surface area contributed by atoms with E-state index in [2.05, 4.69) is 10.2 Å². The summed E-state index contributed by atoms with van der Waals surface area (Å²) >= 11 is 0. The molecule has 1 fully saturated rings. The Bertz CT molecular complexity index is 1030. The van der Waals surface area contributed by atoms with Crippen LogP contribution in [0.2, 0.25) is 0 Å². The zero-order valence-corrected chi connectivity index (χ0v) is 18.8. The molecule has 0 unspecified atom stereocenters. The van der Waals surface area contributed by atoms with Gasteiger partial charge in [0.2, 0.25) is 0 Å². The SMILES string of the molecule is CC(C)Oc1ccc(NC2=C(c3ccc(F)cc3)C(=O)N(CCN3CCOCC3)C2=O)cc1. The second-order valence-corrected chi connectivity index (χ2v) is 8.29. The van der Waals surface area contributed by atoms with Gasteiger partial charge in [0.25, 0.3) is 11.8 Å². The van der Waals surface area contributed by atoms with Crippen molar-refractivity contribution in [1.82, 2.24) is 9.80 Å². The number of carbonyl (C=O) groups excluding carboxylic acids is 2. The highest BCUT2D eigenvalue weighted by Crippen LogP contribution is 2.31. The first-order chi connectivity index (χ1) is 15.9. The molecule has 0 saturated carbocycles. The number of amides is 2. The van der Waals surface area contributed by atoms with Gasteiger partial charge in [0, 0.05) is 31.9 Å². The third kappa shape index (κ3) is 5.40. The molecule has 33 heavy (non-hydrogen) atoms. The highest BCUT2D eigenvalue weighted by atomic mass is 19.1. The summed E-state index contributed by atoms with van der Waals surface area (Å²) in [5.41, 5.74) is 1.57. The topological polar surface area (TPSA) is 71.1 Å². The molecule has 2 aliphatic heterocycles. The molecule has 0 spiro atoms. The first-order valence-corrected chi connectivity index (χ1v) is 11.1. The standard InChI is InChI=1S/C25H28FN3O4/c1-17(2)33-21-9-7-20(8-10-21)27-23-22(18-3-5-19(26)6-4-18)24(30)29(25(23)31)12-11-28-13-15-32-16-14-28/h3-10,17,27H,11-16H2,1-2H3. The van der Waals surface area contributed by atoms with Crippen molar-refractivity contribution in [3.63, 3.8) is 0 Å². The minimum Gasteiger partial charge on any atom is -0.491 e. The lowest BCUT2D eigenvalue weighted by atomic mass is 10.0. The molecule has 1 N–H and O–H groups in total. The highest BCUT2D eigenvalue weighted by molar-refractivity contribution is 6.36.